The van der Waals surface area contributed by atoms with Gasteiger partial charge in [-0.2, -0.15) is 0 Å². The third kappa shape index (κ3) is 4.15. The summed E-state index contributed by atoms with van der Waals surface area (Å²) in [6.45, 7) is 1.21. The Kier molecular flexibility index (Phi) is 5.77. The van der Waals surface area contributed by atoms with Crippen LogP contribution in [-0.4, -0.2) is 48.9 Å². The van der Waals surface area contributed by atoms with Gasteiger partial charge in [0.15, 0.2) is 0 Å². The molecular formula is C13H16BrClN2O3. The van der Waals surface area contributed by atoms with Crippen LogP contribution in [0.1, 0.15) is 23.2 Å². The third-order valence-corrected chi connectivity index (χ3v) is 3.68. The second-order valence-corrected chi connectivity index (χ2v) is 5.80. The molecule has 0 radical (unpaired) electrons. The molecule has 1 heterocycles. The molecule has 5 nitrogen and oxygen atoms in total. The van der Waals surface area contributed by atoms with Gasteiger partial charge in [0.05, 0.1) is 18.8 Å². The number of halogens is 2. The van der Waals surface area contributed by atoms with E-state index in [1.807, 2.05) is 0 Å². The number of aromatic nitrogens is 1. The van der Waals surface area contributed by atoms with Crippen molar-refractivity contribution in [2.24, 2.45) is 0 Å². The van der Waals surface area contributed by atoms with E-state index in [1.54, 1.807) is 24.3 Å². The molecule has 0 spiro atoms. The number of hydrogen-bond acceptors (Lipinski definition) is 4. The van der Waals surface area contributed by atoms with Gasteiger partial charge in [0, 0.05) is 23.8 Å². The lowest BCUT2D eigenvalue weighted by molar-refractivity contribution is 0.00320. The van der Waals surface area contributed by atoms with E-state index in [0.717, 1.165) is 17.3 Å². The molecule has 1 fully saturated rings. The molecule has 0 N–H and O–H groups in total. The predicted octanol–water partition coefficient (Wildman–Crippen LogP) is 2.72. The van der Waals surface area contributed by atoms with Crippen LogP contribution in [0.25, 0.3) is 0 Å². The molecule has 1 aromatic rings. The number of rotatable bonds is 7. The minimum atomic E-state index is -0.149. The maximum absolute atomic E-state index is 12.5. The largest absolute Gasteiger partial charge is 0.382 e. The van der Waals surface area contributed by atoms with E-state index in [2.05, 4.69) is 20.9 Å². The van der Waals surface area contributed by atoms with Gasteiger partial charge in [-0.1, -0.05) is 11.6 Å². The predicted molar refractivity (Wildman–Crippen MR) is 78.8 cm³/mol. The lowest BCUT2D eigenvalue weighted by Gasteiger charge is -2.22. The van der Waals surface area contributed by atoms with Crippen LogP contribution < -0.4 is 0 Å². The molecule has 1 saturated carbocycles. The number of methoxy groups -OCH3 is 1. The maximum Gasteiger partial charge on any atom is 0.259 e. The highest BCUT2D eigenvalue weighted by atomic mass is 79.9. The summed E-state index contributed by atoms with van der Waals surface area (Å²) < 4.78 is 11.1. The fraction of sp³-hybridized carbons (Fsp3) is 0.538. The van der Waals surface area contributed by atoms with Gasteiger partial charge in [0.25, 0.3) is 5.91 Å². The maximum atomic E-state index is 12.5. The van der Waals surface area contributed by atoms with E-state index in [4.69, 9.17) is 21.1 Å². The highest BCUT2D eigenvalue weighted by Crippen LogP contribution is 2.29. The zero-order chi connectivity index (χ0) is 14.5. The summed E-state index contributed by atoms with van der Waals surface area (Å²) in [5.41, 5.74) is 0.392. The van der Waals surface area contributed by atoms with Gasteiger partial charge in [-0.05, 0) is 34.8 Å². The molecule has 1 aliphatic carbocycles. The van der Waals surface area contributed by atoms with Crippen molar-refractivity contribution in [3.8, 4) is 0 Å². The van der Waals surface area contributed by atoms with Crippen LogP contribution in [-0.2, 0) is 9.47 Å². The van der Waals surface area contributed by atoms with Gasteiger partial charge in [0.2, 0.25) is 0 Å². The second-order valence-electron chi connectivity index (χ2n) is 4.53. The second kappa shape index (κ2) is 7.36. The lowest BCUT2D eigenvalue weighted by atomic mass is 10.2. The molecule has 7 heteroatoms. The number of carbonyl (C=O) groups excluding carboxylic acids is 1. The first kappa shape index (κ1) is 15.7. The number of amides is 1. The molecule has 0 bridgehead atoms. The van der Waals surface area contributed by atoms with Crippen molar-refractivity contribution in [2.75, 3.05) is 27.1 Å². The highest BCUT2D eigenvalue weighted by molar-refractivity contribution is 9.10. The quantitative estimate of drug-likeness (QED) is 0.425. The Labute approximate surface area is 131 Å². The fourth-order valence-corrected chi connectivity index (χ4v) is 2.26. The van der Waals surface area contributed by atoms with Gasteiger partial charge in [-0.3, -0.25) is 4.79 Å². The first-order valence-corrected chi connectivity index (χ1v) is 7.49. The van der Waals surface area contributed by atoms with Gasteiger partial charge in [-0.25, -0.2) is 4.98 Å². The van der Waals surface area contributed by atoms with Crippen LogP contribution in [0.15, 0.2) is 16.7 Å². The Balaban J connectivity index is 2.04. The van der Waals surface area contributed by atoms with Crippen molar-refractivity contribution < 1.29 is 14.3 Å². The van der Waals surface area contributed by atoms with E-state index < -0.39 is 0 Å². The molecule has 0 unspecified atom stereocenters. The summed E-state index contributed by atoms with van der Waals surface area (Å²) in [4.78, 5) is 18.2. The zero-order valence-corrected chi connectivity index (χ0v) is 13.5. The SMILES string of the molecule is COCCOCN(C(=O)c1cc(Br)cnc1Cl)C1CC1. The Morgan fingerprint density at radius 2 is 2.30 bits per heavy atom. The Hall–Kier alpha value is -0.690. The van der Waals surface area contributed by atoms with Crippen LogP contribution in [0.5, 0.6) is 0 Å². The van der Waals surface area contributed by atoms with Crippen LogP contribution in [0.2, 0.25) is 5.15 Å². The molecule has 0 saturated heterocycles. The van der Waals surface area contributed by atoms with Gasteiger partial charge in [0.1, 0.15) is 11.9 Å². The highest BCUT2D eigenvalue weighted by Gasteiger charge is 2.34. The third-order valence-electron chi connectivity index (χ3n) is 2.95. The molecule has 110 valence electrons. The topological polar surface area (TPSA) is 51.7 Å². The monoisotopic (exact) mass is 362 g/mol. The summed E-state index contributed by atoms with van der Waals surface area (Å²) in [5.74, 6) is -0.149. The van der Waals surface area contributed by atoms with Crippen molar-refractivity contribution in [1.29, 1.82) is 0 Å². The van der Waals surface area contributed by atoms with Crippen LogP contribution in [0.3, 0.4) is 0 Å². The molecule has 0 aromatic carbocycles. The van der Waals surface area contributed by atoms with E-state index in [1.165, 1.54) is 0 Å². The average molecular weight is 364 g/mol. The summed E-state index contributed by atoms with van der Waals surface area (Å²) in [6, 6.07) is 1.92. The Morgan fingerprint density at radius 1 is 1.55 bits per heavy atom. The minimum Gasteiger partial charge on any atom is -0.382 e. The number of carbonyl (C=O) groups is 1. The molecule has 2 rings (SSSR count). The summed E-state index contributed by atoms with van der Waals surface area (Å²) >= 11 is 9.30. The van der Waals surface area contributed by atoms with Gasteiger partial charge in [-0.15, -0.1) is 0 Å². The van der Waals surface area contributed by atoms with Gasteiger partial charge < -0.3 is 14.4 Å². The normalized spacial score (nSPS) is 14.3. The number of hydrogen-bond donors (Lipinski definition) is 0. The Bertz CT molecular complexity index is 483. The summed E-state index contributed by atoms with van der Waals surface area (Å²) in [6.07, 6.45) is 3.56. The molecular weight excluding hydrogens is 348 g/mol. The first-order valence-electron chi connectivity index (χ1n) is 6.32. The fourth-order valence-electron chi connectivity index (χ4n) is 1.75. The number of pyridine rings is 1. The van der Waals surface area contributed by atoms with E-state index in [9.17, 15) is 4.79 Å². The van der Waals surface area contributed by atoms with Crippen LogP contribution in [0, 0.1) is 0 Å². The molecule has 0 atom stereocenters. The summed E-state index contributed by atoms with van der Waals surface area (Å²) in [5, 5.41) is 0.209. The van der Waals surface area contributed by atoms with E-state index in [0.29, 0.717) is 18.8 Å². The van der Waals surface area contributed by atoms with Crippen molar-refractivity contribution in [3.05, 3.63) is 27.5 Å². The van der Waals surface area contributed by atoms with Crippen molar-refractivity contribution >= 4 is 33.4 Å². The number of nitrogens with zero attached hydrogens (tertiary/aromatic N) is 2. The van der Waals surface area contributed by atoms with E-state index in [-0.39, 0.29) is 23.8 Å². The molecule has 20 heavy (non-hydrogen) atoms. The van der Waals surface area contributed by atoms with Crippen molar-refractivity contribution in [1.82, 2.24) is 9.88 Å². The Morgan fingerprint density at radius 3 is 2.95 bits per heavy atom. The average Bonchev–Trinajstić information content (AvgIpc) is 3.25. The minimum absolute atomic E-state index is 0.149. The smallest absolute Gasteiger partial charge is 0.259 e. The van der Waals surface area contributed by atoms with Crippen molar-refractivity contribution in [3.63, 3.8) is 0 Å². The van der Waals surface area contributed by atoms with Crippen molar-refractivity contribution in [2.45, 2.75) is 18.9 Å². The van der Waals surface area contributed by atoms with Crippen LogP contribution >= 0.6 is 27.5 Å². The van der Waals surface area contributed by atoms with Gasteiger partial charge >= 0.3 is 0 Å². The first-order chi connectivity index (χ1) is 9.63. The number of ether oxygens (including phenoxy) is 2. The summed E-state index contributed by atoms with van der Waals surface area (Å²) in [7, 11) is 1.61. The standard InChI is InChI=1S/C13H16BrClN2O3/c1-19-4-5-20-8-17(10-2-3-10)13(18)11-6-9(14)7-16-12(11)15/h6-7,10H,2-5,8H2,1H3. The zero-order valence-electron chi connectivity index (χ0n) is 11.1. The molecule has 1 aliphatic rings. The molecule has 1 aromatic heterocycles. The molecule has 1 amide bonds. The lowest BCUT2D eigenvalue weighted by Crippen LogP contribution is -2.35. The van der Waals surface area contributed by atoms with Crippen LogP contribution in [0.4, 0.5) is 0 Å². The van der Waals surface area contributed by atoms with E-state index >= 15 is 0 Å². The molecule has 0 aliphatic heterocycles.